The van der Waals surface area contributed by atoms with Crippen molar-refractivity contribution in [2.75, 3.05) is 41.7 Å². The van der Waals surface area contributed by atoms with E-state index in [0.29, 0.717) is 17.6 Å². The summed E-state index contributed by atoms with van der Waals surface area (Å²) < 4.78 is 4.67. The van der Waals surface area contributed by atoms with Gasteiger partial charge < -0.3 is 35.8 Å². The predicted octanol–water partition coefficient (Wildman–Crippen LogP) is 3.14. The summed E-state index contributed by atoms with van der Waals surface area (Å²) in [6, 6.07) is 2.97. The maximum absolute atomic E-state index is 11.9. The van der Waals surface area contributed by atoms with Crippen molar-refractivity contribution in [1.82, 2.24) is 20.3 Å². The number of piperidine rings is 1. The van der Waals surface area contributed by atoms with Crippen LogP contribution in [0.5, 0.6) is 0 Å². The maximum Gasteiger partial charge on any atom is 0.408 e. The number of fused-ring (bicyclic) bond motifs is 1. The van der Waals surface area contributed by atoms with Gasteiger partial charge in [0, 0.05) is 43.4 Å². The molecule has 5 N–H and O–H groups in total. The fourth-order valence-electron chi connectivity index (χ4n) is 4.84. The SMILES string of the molecule is Cc1nc(NCC(NC(=O)OC(C)C(=O)O)C(=O)O)c(C)c(N2CCC(c3ccc4c(n3)NCCC4)CC2)n1.Cl.Cl. The van der Waals surface area contributed by atoms with Crippen molar-refractivity contribution in [3.63, 3.8) is 0 Å². The second-order valence-electron chi connectivity index (χ2n) is 9.91. The van der Waals surface area contributed by atoms with Gasteiger partial charge in [-0.05, 0) is 58.1 Å². The highest BCUT2D eigenvalue weighted by atomic mass is 35.5. The minimum atomic E-state index is -1.41. The van der Waals surface area contributed by atoms with Crippen LogP contribution in [0, 0.1) is 13.8 Å². The Hall–Kier alpha value is -3.58. The Labute approximate surface area is 250 Å². The van der Waals surface area contributed by atoms with Crippen LogP contribution in [0.4, 0.5) is 22.2 Å². The molecule has 0 aromatic carbocycles. The number of anilines is 3. The summed E-state index contributed by atoms with van der Waals surface area (Å²) in [6.07, 6.45) is 1.51. The summed E-state index contributed by atoms with van der Waals surface area (Å²) in [4.78, 5) is 50.7. The number of rotatable bonds is 9. The first kappa shape index (κ1) is 33.6. The van der Waals surface area contributed by atoms with Crippen LogP contribution in [0.2, 0.25) is 0 Å². The summed E-state index contributed by atoms with van der Waals surface area (Å²) in [7, 11) is 0. The molecule has 2 aromatic heterocycles. The van der Waals surface area contributed by atoms with Gasteiger partial charge in [-0.1, -0.05) is 6.07 Å². The quantitative estimate of drug-likeness (QED) is 0.279. The number of carboxylic acids is 2. The zero-order valence-electron chi connectivity index (χ0n) is 23.2. The maximum atomic E-state index is 11.9. The number of nitrogens with zero attached hydrogens (tertiary/aromatic N) is 4. The number of hydrogen-bond donors (Lipinski definition) is 5. The molecule has 41 heavy (non-hydrogen) atoms. The first-order valence-corrected chi connectivity index (χ1v) is 13.1. The predicted molar refractivity (Wildman–Crippen MR) is 158 cm³/mol. The number of carboxylic acid groups (broad SMARTS) is 2. The van der Waals surface area contributed by atoms with Crippen LogP contribution in [-0.4, -0.2) is 81.5 Å². The molecule has 0 aliphatic carbocycles. The lowest BCUT2D eigenvalue weighted by atomic mass is 9.92. The van der Waals surface area contributed by atoms with Crippen molar-refractivity contribution < 1.29 is 29.3 Å². The van der Waals surface area contributed by atoms with Gasteiger partial charge in [0.15, 0.2) is 6.10 Å². The number of hydrogen-bond acceptors (Lipinski definition) is 10. The third-order valence-corrected chi connectivity index (χ3v) is 7.06. The van der Waals surface area contributed by atoms with Crippen molar-refractivity contribution >= 4 is 60.3 Å². The molecule has 0 radical (unpaired) electrons. The van der Waals surface area contributed by atoms with Gasteiger partial charge in [-0.15, -0.1) is 24.8 Å². The van der Waals surface area contributed by atoms with Crippen LogP contribution in [0.15, 0.2) is 12.1 Å². The zero-order chi connectivity index (χ0) is 28.1. The van der Waals surface area contributed by atoms with Crippen LogP contribution < -0.4 is 20.9 Å². The second-order valence-corrected chi connectivity index (χ2v) is 9.91. The highest BCUT2D eigenvalue weighted by Gasteiger charge is 2.27. The standard InChI is InChI=1S/C26H35N7O6.2ClH/c1-14-21(28-13-20(25(36)37)32-26(38)39-15(2)24(34)35)29-16(3)30-23(14)33-11-8-17(9-12-33)19-7-6-18-5-4-10-27-22(18)31-19;;/h6-7,15,17,20H,4-5,8-13H2,1-3H3,(H,27,31)(H,32,38)(H,34,35)(H,36,37)(H,28,29,30);2*1H. The Kier molecular flexibility index (Phi) is 12.2. The van der Waals surface area contributed by atoms with E-state index in [1.807, 2.05) is 6.92 Å². The fourth-order valence-corrected chi connectivity index (χ4v) is 4.84. The first-order valence-electron chi connectivity index (χ1n) is 13.1. The number of halogens is 2. The fraction of sp³-hybridized carbons (Fsp3) is 0.538. The van der Waals surface area contributed by atoms with Crippen molar-refractivity contribution in [3.05, 3.63) is 34.8 Å². The number of aryl methyl sites for hydroxylation is 2. The molecule has 4 heterocycles. The minimum absolute atomic E-state index is 0. The number of ether oxygens (including phenoxy) is 1. The molecule has 226 valence electrons. The molecule has 2 unspecified atom stereocenters. The van der Waals surface area contributed by atoms with E-state index in [1.54, 1.807) is 6.92 Å². The molecule has 0 saturated carbocycles. The van der Waals surface area contributed by atoms with E-state index >= 15 is 0 Å². The molecule has 2 aliphatic heterocycles. The first-order chi connectivity index (χ1) is 18.6. The van der Waals surface area contributed by atoms with Crippen molar-refractivity contribution in [3.8, 4) is 0 Å². The average molecular weight is 615 g/mol. The number of pyridine rings is 1. The van der Waals surface area contributed by atoms with Crippen molar-refractivity contribution in [2.24, 2.45) is 0 Å². The molecule has 0 bridgehead atoms. The monoisotopic (exact) mass is 613 g/mol. The van der Waals surface area contributed by atoms with E-state index in [-0.39, 0.29) is 31.4 Å². The smallest absolute Gasteiger partial charge is 0.408 e. The summed E-state index contributed by atoms with van der Waals surface area (Å²) in [5.74, 6) is 0.492. The molecule has 4 rings (SSSR count). The normalized spacial score (nSPS) is 16.0. The molecule has 1 fully saturated rings. The largest absolute Gasteiger partial charge is 0.480 e. The number of aliphatic carboxylic acids is 2. The van der Waals surface area contributed by atoms with Gasteiger partial charge >= 0.3 is 18.0 Å². The van der Waals surface area contributed by atoms with E-state index in [4.69, 9.17) is 10.1 Å². The lowest BCUT2D eigenvalue weighted by Crippen LogP contribution is -2.46. The Bertz CT molecular complexity index is 1240. The number of carbonyl (C=O) groups excluding carboxylic acids is 1. The third kappa shape index (κ3) is 8.46. The number of alkyl carbamates (subject to hydrolysis) is 1. The molecular weight excluding hydrogens is 577 g/mol. The van der Waals surface area contributed by atoms with Gasteiger partial charge in [0.2, 0.25) is 0 Å². The summed E-state index contributed by atoms with van der Waals surface area (Å²) >= 11 is 0. The van der Waals surface area contributed by atoms with Crippen LogP contribution in [0.25, 0.3) is 0 Å². The van der Waals surface area contributed by atoms with E-state index in [1.165, 1.54) is 12.5 Å². The van der Waals surface area contributed by atoms with Gasteiger partial charge in [-0.25, -0.2) is 29.3 Å². The Morgan fingerprint density at radius 1 is 1.10 bits per heavy atom. The molecule has 2 aromatic rings. The van der Waals surface area contributed by atoms with Crippen LogP contribution >= 0.6 is 24.8 Å². The van der Waals surface area contributed by atoms with Crippen molar-refractivity contribution in [1.29, 1.82) is 0 Å². The average Bonchev–Trinajstić information content (AvgIpc) is 2.92. The van der Waals surface area contributed by atoms with Gasteiger partial charge in [-0.3, -0.25) is 0 Å². The molecular formula is C26H37Cl2N7O6. The molecule has 2 atom stereocenters. The highest BCUT2D eigenvalue weighted by Crippen LogP contribution is 2.33. The number of aromatic nitrogens is 3. The minimum Gasteiger partial charge on any atom is -0.480 e. The molecule has 2 aliphatic rings. The van der Waals surface area contributed by atoms with Crippen molar-refractivity contribution in [2.45, 2.75) is 64.5 Å². The van der Waals surface area contributed by atoms with Gasteiger partial charge in [0.1, 0.15) is 29.3 Å². The molecule has 1 amide bonds. The topological polar surface area (TPSA) is 179 Å². The number of nitrogens with one attached hydrogen (secondary N) is 3. The van der Waals surface area contributed by atoms with E-state index in [2.05, 4.69) is 47.7 Å². The van der Waals surface area contributed by atoms with Gasteiger partial charge in [-0.2, -0.15) is 0 Å². The summed E-state index contributed by atoms with van der Waals surface area (Å²) in [5, 5.41) is 27.0. The number of carbonyl (C=O) groups is 3. The lowest BCUT2D eigenvalue weighted by molar-refractivity contribution is -0.145. The second kappa shape index (κ2) is 14.9. The Morgan fingerprint density at radius 2 is 1.80 bits per heavy atom. The number of amides is 1. The van der Waals surface area contributed by atoms with Crippen LogP contribution in [0.3, 0.4) is 0 Å². The summed E-state index contributed by atoms with van der Waals surface area (Å²) in [6.45, 7) is 7.16. The summed E-state index contributed by atoms with van der Waals surface area (Å²) in [5.41, 5.74) is 3.16. The third-order valence-electron chi connectivity index (χ3n) is 7.06. The Balaban J connectivity index is 0.00000294. The highest BCUT2D eigenvalue weighted by molar-refractivity contribution is 5.85. The van der Waals surface area contributed by atoms with Gasteiger partial charge in [0.25, 0.3) is 0 Å². The molecule has 0 spiro atoms. The van der Waals surface area contributed by atoms with Crippen LogP contribution in [-0.2, 0) is 20.7 Å². The molecule has 13 nitrogen and oxygen atoms in total. The zero-order valence-corrected chi connectivity index (χ0v) is 24.8. The van der Waals surface area contributed by atoms with E-state index < -0.39 is 30.2 Å². The van der Waals surface area contributed by atoms with E-state index in [9.17, 15) is 19.5 Å². The van der Waals surface area contributed by atoms with E-state index in [0.717, 1.165) is 68.2 Å². The van der Waals surface area contributed by atoms with Gasteiger partial charge in [0.05, 0.1) is 0 Å². The lowest BCUT2D eigenvalue weighted by Gasteiger charge is -2.34. The molecule has 15 heteroatoms. The Morgan fingerprint density at radius 3 is 2.46 bits per heavy atom. The van der Waals surface area contributed by atoms with Crippen LogP contribution in [0.1, 0.15) is 54.7 Å². The molecule has 1 saturated heterocycles.